The molecule has 0 saturated carbocycles. The topological polar surface area (TPSA) is 75.6 Å². The maximum absolute atomic E-state index is 12.2. The molecule has 0 spiro atoms. The van der Waals surface area contributed by atoms with Gasteiger partial charge < -0.3 is 15.2 Å². The fourth-order valence-electron chi connectivity index (χ4n) is 1.92. The van der Waals surface area contributed by atoms with Crippen molar-refractivity contribution in [2.24, 2.45) is 0 Å². The summed E-state index contributed by atoms with van der Waals surface area (Å²) in [6.45, 7) is -2.96. The van der Waals surface area contributed by atoms with E-state index >= 15 is 0 Å². The molecule has 0 unspecified atom stereocenters. The Hall–Kier alpha value is -3.22. The number of carbonyl (C=O) groups is 2. The number of aliphatic carboxylic acids is 1. The molecule has 0 fully saturated rings. The van der Waals surface area contributed by atoms with Gasteiger partial charge in [0.15, 0.2) is 0 Å². The number of benzene rings is 2. The van der Waals surface area contributed by atoms with Crippen LogP contribution in [0.2, 0.25) is 0 Å². The fourth-order valence-corrected chi connectivity index (χ4v) is 1.92. The molecule has 0 atom stereocenters. The van der Waals surface area contributed by atoms with Gasteiger partial charge in [-0.1, -0.05) is 18.2 Å². The summed E-state index contributed by atoms with van der Waals surface area (Å²) in [7, 11) is 0. The van der Waals surface area contributed by atoms with Crippen molar-refractivity contribution < 1.29 is 28.2 Å². The minimum atomic E-state index is -2.96. The molecule has 0 bridgehead atoms. The molecule has 2 rings (SSSR count). The van der Waals surface area contributed by atoms with Crippen LogP contribution in [0.25, 0.3) is 5.70 Å². The van der Waals surface area contributed by atoms with E-state index in [0.29, 0.717) is 11.1 Å². The van der Waals surface area contributed by atoms with Crippen LogP contribution in [0, 0.1) is 0 Å². The van der Waals surface area contributed by atoms with Crippen LogP contribution >= 0.6 is 0 Å². The predicted octanol–water partition coefficient (Wildman–Crippen LogP) is 3.14. The quantitative estimate of drug-likeness (QED) is 0.796. The second kappa shape index (κ2) is 7.87. The Labute approximate surface area is 136 Å². The summed E-state index contributed by atoms with van der Waals surface area (Å²) in [5.41, 5.74) is 0.717. The number of halogens is 2. The Kier molecular flexibility index (Phi) is 5.62. The molecule has 2 aromatic carbocycles. The molecule has 0 saturated heterocycles. The third-order valence-corrected chi connectivity index (χ3v) is 2.94. The first-order valence-corrected chi connectivity index (χ1v) is 6.82. The number of rotatable bonds is 6. The first kappa shape index (κ1) is 17.1. The third-order valence-electron chi connectivity index (χ3n) is 2.94. The maximum atomic E-state index is 12.2. The van der Waals surface area contributed by atoms with Gasteiger partial charge in [0.05, 0.1) is 5.70 Å². The molecule has 0 aromatic heterocycles. The Morgan fingerprint density at radius 1 is 1.00 bits per heavy atom. The second-order valence-corrected chi connectivity index (χ2v) is 4.62. The van der Waals surface area contributed by atoms with Gasteiger partial charge in [-0.25, -0.2) is 4.79 Å². The largest absolute Gasteiger partial charge is 0.478 e. The first-order valence-electron chi connectivity index (χ1n) is 6.82. The van der Waals surface area contributed by atoms with Crippen LogP contribution in [0.4, 0.5) is 8.78 Å². The van der Waals surface area contributed by atoms with Crippen LogP contribution in [0.5, 0.6) is 5.75 Å². The predicted molar refractivity (Wildman–Crippen MR) is 82.6 cm³/mol. The Balaban J connectivity index is 2.23. The number of alkyl halides is 2. The van der Waals surface area contributed by atoms with E-state index in [0.717, 1.165) is 6.08 Å². The first-order chi connectivity index (χ1) is 11.5. The molecule has 124 valence electrons. The van der Waals surface area contributed by atoms with E-state index in [9.17, 15) is 18.4 Å². The normalized spacial score (nSPS) is 11.2. The third kappa shape index (κ3) is 4.91. The van der Waals surface area contributed by atoms with E-state index in [2.05, 4.69) is 10.1 Å². The summed E-state index contributed by atoms with van der Waals surface area (Å²) in [4.78, 5) is 23.1. The SMILES string of the molecule is O=C(O)C=C(NC(=O)c1ccccc1)c1ccc(OC(F)F)cc1. The average Bonchev–Trinajstić information content (AvgIpc) is 2.55. The Morgan fingerprint density at radius 2 is 1.62 bits per heavy atom. The molecule has 0 aliphatic carbocycles. The molecule has 0 radical (unpaired) electrons. The van der Waals surface area contributed by atoms with E-state index < -0.39 is 18.5 Å². The summed E-state index contributed by atoms with van der Waals surface area (Å²) in [6, 6.07) is 13.5. The number of amides is 1. The lowest BCUT2D eigenvalue weighted by molar-refractivity contribution is -0.131. The fraction of sp³-hybridized carbons (Fsp3) is 0.0588. The molecule has 0 aliphatic heterocycles. The monoisotopic (exact) mass is 333 g/mol. The van der Waals surface area contributed by atoms with Gasteiger partial charge in [0.2, 0.25) is 0 Å². The highest BCUT2D eigenvalue weighted by atomic mass is 19.3. The summed E-state index contributed by atoms with van der Waals surface area (Å²) >= 11 is 0. The molecule has 2 N–H and O–H groups in total. The van der Waals surface area contributed by atoms with E-state index in [1.165, 1.54) is 24.3 Å². The lowest BCUT2D eigenvalue weighted by Gasteiger charge is -2.11. The van der Waals surface area contributed by atoms with Crippen molar-refractivity contribution in [1.29, 1.82) is 0 Å². The highest BCUT2D eigenvalue weighted by Gasteiger charge is 2.11. The van der Waals surface area contributed by atoms with Crippen molar-refractivity contribution in [3.05, 3.63) is 71.8 Å². The van der Waals surface area contributed by atoms with Crippen molar-refractivity contribution >= 4 is 17.6 Å². The van der Waals surface area contributed by atoms with E-state index in [1.54, 1.807) is 30.3 Å². The zero-order valence-corrected chi connectivity index (χ0v) is 12.3. The van der Waals surface area contributed by atoms with E-state index in [-0.39, 0.29) is 11.4 Å². The van der Waals surface area contributed by atoms with Crippen molar-refractivity contribution in [3.8, 4) is 5.75 Å². The highest BCUT2D eigenvalue weighted by molar-refractivity contribution is 6.02. The highest BCUT2D eigenvalue weighted by Crippen LogP contribution is 2.19. The molecular weight excluding hydrogens is 320 g/mol. The van der Waals surface area contributed by atoms with Gasteiger partial charge >= 0.3 is 12.6 Å². The number of carboxylic acid groups (broad SMARTS) is 1. The van der Waals surface area contributed by atoms with E-state index in [1.807, 2.05) is 0 Å². The zero-order valence-electron chi connectivity index (χ0n) is 12.3. The molecule has 2 aromatic rings. The maximum Gasteiger partial charge on any atom is 0.387 e. The van der Waals surface area contributed by atoms with Gasteiger partial charge in [-0.15, -0.1) is 0 Å². The summed E-state index contributed by atoms with van der Waals surface area (Å²) in [5.74, 6) is -1.82. The molecule has 24 heavy (non-hydrogen) atoms. The zero-order chi connectivity index (χ0) is 17.5. The van der Waals surface area contributed by atoms with Gasteiger partial charge in [-0.05, 0) is 42.0 Å². The summed E-state index contributed by atoms with van der Waals surface area (Å²) < 4.78 is 28.5. The van der Waals surface area contributed by atoms with Gasteiger partial charge in [-0.3, -0.25) is 4.79 Å². The second-order valence-electron chi connectivity index (χ2n) is 4.62. The van der Waals surface area contributed by atoms with Gasteiger partial charge in [-0.2, -0.15) is 8.78 Å². The number of nitrogens with one attached hydrogen (secondary N) is 1. The van der Waals surface area contributed by atoms with Crippen LogP contribution in [-0.2, 0) is 4.79 Å². The van der Waals surface area contributed by atoms with Crippen molar-refractivity contribution in [2.75, 3.05) is 0 Å². The minimum Gasteiger partial charge on any atom is -0.478 e. The molecule has 0 heterocycles. The van der Waals surface area contributed by atoms with Gasteiger partial charge in [0.1, 0.15) is 5.75 Å². The molecule has 0 aliphatic rings. The van der Waals surface area contributed by atoms with Crippen molar-refractivity contribution in [3.63, 3.8) is 0 Å². The Bertz CT molecular complexity index is 743. The number of hydrogen-bond donors (Lipinski definition) is 2. The lowest BCUT2D eigenvalue weighted by atomic mass is 10.1. The number of ether oxygens (including phenoxy) is 1. The Morgan fingerprint density at radius 3 is 2.17 bits per heavy atom. The minimum absolute atomic E-state index is 0.0277. The standard InChI is InChI=1S/C17H13F2NO4/c18-17(19)24-13-8-6-11(7-9-13)14(10-15(21)22)20-16(23)12-4-2-1-3-5-12/h1-10,17H,(H,20,23)(H,21,22). The molecule has 7 heteroatoms. The van der Waals surface area contributed by atoms with Gasteiger partial charge in [0, 0.05) is 11.6 Å². The van der Waals surface area contributed by atoms with Crippen LogP contribution in [0.15, 0.2) is 60.7 Å². The number of carbonyl (C=O) groups excluding carboxylic acids is 1. The van der Waals surface area contributed by atoms with Crippen LogP contribution in [0.3, 0.4) is 0 Å². The number of hydrogen-bond acceptors (Lipinski definition) is 3. The average molecular weight is 333 g/mol. The van der Waals surface area contributed by atoms with Crippen LogP contribution < -0.4 is 10.1 Å². The summed E-state index contributed by atoms with van der Waals surface area (Å²) in [5, 5.41) is 11.4. The van der Waals surface area contributed by atoms with E-state index in [4.69, 9.17) is 5.11 Å². The number of carboxylic acids is 1. The molecule has 1 amide bonds. The van der Waals surface area contributed by atoms with Crippen molar-refractivity contribution in [1.82, 2.24) is 5.32 Å². The molecule has 5 nitrogen and oxygen atoms in total. The van der Waals surface area contributed by atoms with Crippen molar-refractivity contribution in [2.45, 2.75) is 6.61 Å². The summed E-state index contributed by atoms with van der Waals surface area (Å²) in [6.07, 6.45) is 0.823. The van der Waals surface area contributed by atoms with Gasteiger partial charge in [0.25, 0.3) is 5.91 Å². The van der Waals surface area contributed by atoms with Crippen LogP contribution in [-0.4, -0.2) is 23.6 Å². The molecular formula is C17H13F2NO4. The smallest absolute Gasteiger partial charge is 0.387 e. The van der Waals surface area contributed by atoms with Crippen LogP contribution in [0.1, 0.15) is 15.9 Å². The lowest BCUT2D eigenvalue weighted by Crippen LogP contribution is -2.22.